The summed E-state index contributed by atoms with van der Waals surface area (Å²) in [4.78, 5) is 29.1. The van der Waals surface area contributed by atoms with Crippen LogP contribution >= 0.6 is 0 Å². The molecule has 7 nitrogen and oxygen atoms in total. The third-order valence-corrected chi connectivity index (χ3v) is 9.36. The quantitative estimate of drug-likeness (QED) is 0.365. The number of nitrogens with one attached hydrogen (secondary N) is 1. The van der Waals surface area contributed by atoms with Crippen molar-refractivity contribution in [3.05, 3.63) is 95.1 Å². The molecule has 2 amide bonds. The molecule has 1 aliphatic carbocycles. The van der Waals surface area contributed by atoms with Gasteiger partial charge in [0.05, 0.1) is 10.6 Å². The lowest BCUT2D eigenvalue weighted by Crippen LogP contribution is -2.52. The van der Waals surface area contributed by atoms with Crippen molar-refractivity contribution in [2.45, 2.75) is 76.9 Å². The van der Waals surface area contributed by atoms with E-state index in [-0.39, 0.29) is 23.4 Å². The maximum Gasteiger partial charge on any atom is 0.264 e. The Morgan fingerprint density at radius 2 is 1.50 bits per heavy atom. The van der Waals surface area contributed by atoms with Crippen LogP contribution in [0.1, 0.15) is 54.9 Å². The van der Waals surface area contributed by atoms with Gasteiger partial charge in [-0.1, -0.05) is 61.4 Å². The van der Waals surface area contributed by atoms with Crippen molar-refractivity contribution < 1.29 is 18.0 Å². The number of amides is 2. The highest BCUT2D eigenvalue weighted by atomic mass is 32.2. The van der Waals surface area contributed by atoms with Crippen LogP contribution in [0.25, 0.3) is 0 Å². The van der Waals surface area contributed by atoms with Crippen LogP contribution in [0.4, 0.5) is 5.69 Å². The topological polar surface area (TPSA) is 86.8 Å². The van der Waals surface area contributed by atoms with Gasteiger partial charge < -0.3 is 10.2 Å². The van der Waals surface area contributed by atoms with Gasteiger partial charge in [0.25, 0.3) is 10.0 Å². The number of anilines is 1. The molecular formula is C32H39N3O4S. The lowest BCUT2D eigenvalue weighted by atomic mass is 10.1. The summed E-state index contributed by atoms with van der Waals surface area (Å²) in [5.74, 6) is -0.673. The Kier molecular flexibility index (Phi) is 9.30. The molecule has 0 radical (unpaired) electrons. The third kappa shape index (κ3) is 6.91. The van der Waals surface area contributed by atoms with E-state index < -0.39 is 28.5 Å². The fraction of sp³-hybridized carbons (Fsp3) is 0.375. The fourth-order valence-corrected chi connectivity index (χ4v) is 6.71. The Labute approximate surface area is 238 Å². The van der Waals surface area contributed by atoms with E-state index in [2.05, 4.69) is 5.32 Å². The molecular weight excluding hydrogens is 522 g/mol. The average Bonchev–Trinajstić information content (AvgIpc) is 3.43. The number of rotatable bonds is 10. The van der Waals surface area contributed by atoms with Crippen LogP contribution < -0.4 is 9.62 Å². The molecule has 0 aliphatic heterocycles. The van der Waals surface area contributed by atoms with Gasteiger partial charge >= 0.3 is 0 Å². The Balaban J connectivity index is 1.71. The monoisotopic (exact) mass is 561 g/mol. The summed E-state index contributed by atoms with van der Waals surface area (Å²) in [6, 6.07) is 20.7. The predicted molar refractivity (Wildman–Crippen MR) is 158 cm³/mol. The summed E-state index contributed by atoms with van der Waals surface area (Å²) in [7, 11) is -4.08. The molecule has 1 atom stereocenters. The van der Waals surface area contributed by atoms with Gasteiger partial charge in [0.15, 0.2) is 0 Å². The van der Waals surface area contributed by atoms with Crippen molar-refractivity contribution >= 4 is 27.5 Å². The zero-order valence-corrected chi connectivity index (χ0v) is 24.6. The molecule has 212 valence electrons. The lowest BCUT2D eigenvalue weighted by Gasteiger charge is -2.33. The van der Waals surface area contributed by atoms with Crippen molar-refractivity contribution in [3.63, 3.8) is 0 Å². The standard InChI is InChI=1S/C32H39N3O4S/c1-23-18-24(2)20-29(19-23)35(40(38,39)30-16-6-5-7-17-30)22-31(36)34(21-27-13-9-8-12-25(27)3)26(4)32(37)33-28-14-10-11-15-28/h5-9,12-13,16-20,26,28H,10-11,14-15,21-22H2,1-4H3,(H,33,37). The predicted octanol–water partition coefficient (Wildman–Crippen LogP) is 5.28. The van der Waals surface area contributed by atoms with Gasteiger partial charge in [-0.3, -0.25) is 13.9 Å². The van der Waals surface area contributed by atoms with Gasteiger partial charge in [0, 0.05) is 12.6 Å². The largest absolute Gasteiger partial charge is 0.352 e. The first kappa shape index (κ1) is 29.3. The number of hydrogen-bond acceptors (Lipinski definition) is 4. The summed E-state index contributed by atoms with van der Waals surface area (Å²) >= 11 is 0. The van der Waals surface area contributed by atoms with E-state index in [1.807, 2.05) is 51.1 Å². The fourth-order valence-electron chi connectivity index (χ4n) is 5.29. The molecule has 40 heavy (non-hydrogen) atoms. The maximum absolute atomic E-state index is 14.1. The third-order valence-electron chi connectivity index (χ3n) is 7.58. The SMILES string of the molecule is Cc1cc(C)cc(N(CC(=O)N(Cc2ccccc2C)C(C)C(=O)NC2CCCC2)S(=O)(=O)c2ccccc2)c1. The first-order valence-corrected chi connectivity index (χ1v) is 15.3. The summed E-state index contributed by atoms with van der Waals surface area (Å²) in [5.41, 5.74) is 4.08. The zero-order chi connectivity index (χ0) is 28.9. The highest BCUT2D eigenvalue weighted by molar-refractivity contribution is 7.92. The van der Waals surface area contributed by atoms with E-state index >= 15 is 0 Å². The molecule has 0 bridgehead atoms. The van der Waals surface area contributed by atoms with Crippen LogP contribution in [0.3, 0.4) is 0 Å². The van der Waals surface area contributed by atoms with E-state index in [0.717, 1.165) is 52.2 Å². The van der Waals surface area contributed by atoms with E-state index in [9.17, 15) is 18.0 Å². The van der Waals surface area contributed by atoms with Gasteiger partial charge in [-0.25, -0.2) is 8.42 Å². The number of sulfonamides is 1. The normalized spacial score (nSPS) is 14.5. The summed E-state index contributed by atoms with van der Waals surface area (Å²) in [5, 5.41) is 3.11. The van der Waals surface area contributed by atoms with Crippen molar-refractivity contribution in [1.29, 1.82) is 0 Å². The minimum atomic E-state index is -4.08. The molecule has 0 spiro atoms. The molecule has 3 aromatic rings. The van der Waals surface area contributed by atoms with Crippen LogP contribution in [0.15, 0.2) is 77.7 Å². The molecule has 0 aromatic heterocycles. The smallest absolute Gasteiger partial charge is 0.264 e. The second kappa shape index (κ2) is 12.7. The molecule has 1 fully saturated rings. The van der Waals surface area contributed by atoms with Crippen LogP contribution in [-0.4, -0.2) is 43.8 Å². The summed E-state index contributed by atoms with van der Waals surface area (Å²) < 4.78 is 29.0. The Morgan fingerprint density at radius 3 is 2.12 bits per heavy atom. The van der Waals surface area contributed by atoms with Crippen molar-refractivity contribution in [3.8, 4) is 0 Å². The minimum Gasteiger partial charge on any atom is -0.352 e. The molecule has 8 heteroatoms. The maximum atomic E-state index is 14.1. The Bertz CT molecular complexity index is 1430. The van der Waals surface area contributed by atoms with Crippen LogP contribution in [0, 0.1) is 20.8 Å². The summed E-state index contributed by atoms with van der Waals surface area (Å²) in [6.07, 6.45) is 4.01. The van der Waals surface area contributed by atoms with Crippen LogP contribution in [0.5, 0.6) is 0 Å². The van der Waals surface area contributed by atoms with Crippen LogP contribution in [-0.2, 0) is 26.2 Å². The highest BCUT2D eigenvalue weighted by Gasteiger charge is 2.33. The molecule has 0 heterocycles. The second-order valence-corrected chi connectivity index (χ2v) is 12.6. The molecule has 4 rings (SSSR count). The van der Waals surface area contributed by atoms with E-state index in [4.69, 9.17) is 0 Å². The summed E-state index contributed by atoms with van der Waals surface area (Å²) in [6.45, 7) is 7.22. The van der Waals surface area contributed by atoms with E-state index in [1.54, 1.807) is 37.3 Å². The number of benzene rings is 3. The average molecular weight is 562 g/mol. The minimum absolute atomic E-state index is 0.0967. The van der Waals surface area contributed by atoms with Crippen molar-refractivity contribution in [1.82, 2.24) is 10.2 Å². The zero-order valence-electron chi connectivity index (χ0n) is 23.8. The van der Waals surface area contributed by atoms with Gasteiger partial charge in [-0.2, -0.15) is 0 Å². The van der Waals surface area contributed by atoms with Gasteiger partial charge in [-0.05, 0) is 87.1 Å². The van der Waals surface area contributed by atoms with Crippen LogP contribution in [0.2, 0.25) is 0 Å². The Morgan fingerprint density at radius 1 is 0.900 bits per heavy atom. The first-order chi connectivity index (χ1) is 19.1. The number of carbonyl (C=O) groups excluding carboxylic acids is 2. The van der Waals surface area contributed by atoms with Gasteiger partial charge in [0.1, 0.15) is 12.6 Å². The number of carbonyl (C=O) groups is 2. The molecule has 1 unspecified atom stereocenters. The Hall–Kier alpha value is -3.65. The van der Waals surface area contributed by atoms with Crippen molar-refractivity contribution in [2.75, 3.05) is 10.8 Å². The molecule has 3 aromatic carbocycles. The van der Waals surface area contributed by atoms with E-state index in [1.165, 1.54) is 17.0 Å². The molecule has 1 saturated carbocycles. The molecule has 1 N–H and O–H groups in total. The molecule has 0 saturated heterocycles. The second-order valence-electron chi connectivity index (χ2n) is 10.8. The highest BCUT2D eigenvalue weighted by Crippen LogP contribution is 2.27. The number of nitrogens with zero attached hydrogens (tertiary/aromatic N) is 2. The lowest BCUT2D eigenvalue weighted by molar-refractivity contribution is -0.139. The number of aryl methyl sites for hydroxylation is 3. The molecule has 1 aliphatic rings. The van der Waals surface area contributed by atoms with Crippen molar-refractivity contribution in [2.24, 2.45) is 0 Å². The number of hydrogen-bond donors (Lipinski definition) is 1. The van der Waals surface area contributed by atoms with E-state index in [0.29, 0.717) is 5.69 Å². The van der Waals surface area contributed by atoms with Gasteiger partial charge in [0.2, 0.25) is 11.8 Å². The first-order valence-electron chi connectivity index (χ1n) is 13.9. The van der Waals surface area contributed by atoms with Gasteiger partial charge in [-0.15, -0.1) is 0 Å².